The molecular weight excluding hydrogens is 326 g/mol. The van der Waals surface area contributed by atoms with E-state index in [1.807, 2.05) is 12.1 Å². The standard InChI is InChI=1S/C18H20BrNO/c1-13(21)15-7-8-18(17(19)11-15)20-10-9-16(12-20)14-5-3-2-4-6-14/h2-8,11,13,16,21H,9-10,12H2,1H3. The van der Waals surface area contributed by atoms with Gasteiger partial charge in [0.2, 0.25) is 0 Å². The molecule has 2 atom stereocenters. The van der Waals surface area contributed by atoms with Crippen LogP contribution in [0.25, 0.3) is 0 Å². The first-order valence-corrected chi connectivity index (χ1v) is 8.22. The predicted octanol–water partition coefficient (Wildman–Crippen LogP) is 4.50. The number of nitrogens with zero attached hydrogens (tertiary/aromatic N) is 1. The monoisotopic (exact) mass is 345 g/mol. The van der Waals surface area contributed by atoms with Crippen LogP contribution < -0.4 is 4.90 Å². The predicted molar refractivity (Wildman–Crippen MR) is 90.8 cm³/mol. The lowest BCUT2D eigenvalue weighted by Gasteiger charge is -2.21. The number of benzene rings is 2. The smallest absolute Gasteiger partial charge is 0.0762 e. The van der Waals surface area contributed by atoms with Crippen LogP contribution in [0.1, 0.15) is 36.5 Å². The van der Waals surface area contributed by atoms with E-state index < -0.39 is 6.10 Å². The first-order chi connectivity index (χ1) is 10.1. The fourth-order valence-electron chi connectivity index (χ4n) is 3.02. The molecule has 2 aromatic rings. The number of hydrogen-bond donors (Lipinski definition) is 1. The molecule has 1 saturated heterocycles. The van der Waals surface area contributed by atoms with Gasteiger partial charge in [-0.1, -0.05) is 36.4 Å². The van der Waals surface area contributed by atoms with Gasteiger partial charge in [0.25, 0.3) is 0 Å². The Morgan fingerprint density at radius 2 is 1.95 bits per heavy atom. The third-order valence-corrected chi connectivity index (χ3v) is 4.89. The zero-order valence-electron chi connectivity index (χ0n) is 12.2. The molecule has 0 amide bonds. The molecular formula is C18H20BrNO. The minimum absolute atomic E-state index is 0.425. The minimum atomic E-state index is -0.425. The molecule has 1 N–H and O–H groups in total. The van der Waals surface area contributed by atoms with Gasteiger partial charge >= 0.3 is 0 Å². The van der Waals surface area contributed by atoms with Crippen molar-refractivity contribution in [1.82, 2.24) is 0 Å². The maximum absolute atomic E-state index is 9.66. The van der Waals surface area contributed by atoms with Crippen molar-refractivity contribution in [3.63, 3.8) is 0 Å². The molecule has 0 aliphatic carbocycles. The number of halogens is 1. The van der Waals surface area contributed by atoms with Crippen LogP contribution in [0, 0.1) is 0 Å². The lowest BCUT2D eigenvalue weighted by Crippen LogP contribution is -2.19. The molecule has 1 heterocycles. The van der Waals surface area contributed by atoms with Crippen molar-refractivity contribution < 1.29 is 5.11 Å². The molecule has 2 nitrogen and oxygen atoms in total. The highest BCUT2D eigenvalue weighted by Gasteiger charge is 2.25. The summed E-state index contributed by atoms with van der Waals surface area (Å²) in [6, 6.07) is 16.9. The van der Waals surface area contributed by atoms with E-state index in [0.29, 0.717) is 5.92 Å². The fraction of sp³-hybridized carbons (Fsp3) is 0.333. The molecule has 2 aromatic carbocycles. The molecule has 0 saturated carbocycles. The van der Waals surface area contributed by atoms with E-state index >= 15 is 0 Å². The van der Waals surface area contributed by atoms with Crippen LogP contribution in [-0.2, 0) is 0 Å². The average Bonchev–Trinajstić information content (AvgIpc) is 2.97. The van der Waals surface area contributed by atoms with Gasteiger partial charge in [0, 0.05) is 23.5 Å². The molecule has 21 heavy (non-hydrogen) atoms. The zero-order valence-corrected chi connectivity index (χ0v) is 13.8. The highest BCUT2D eigenvalue weighted by atomic mass is 79.9. The molecule has 2 unspecified atom stereocenters. The Kier molecular flexibility index (Phi) is 4.32. The van der Waals surface area contributed by atoms with Crippen molar-refractivity contribution in [1.29, 1.82) is 0 Å². The number of rotatable bonds is 3. The van der Waals surface area contributed by atoms with Crippen molar-refractivity contribution in [2.45, 2.75) is 25.4 Å². The largest absolute Gasteiger partial charge is 0.389 e. The summed E-state index contributed by atoms with van der Waals surface area (Å²) in [7, 11) is 0. The van der Waals surface area contributed by atoms with E-state index in [0.717, 1.165) is 23.1 Å². The van der Waals surface area contributed by atoms with Gasteiger partial charge in [0.15, 0.2) is 0 Å². The van der Waals surface area contributed by atoms with Crippen molar-refractivity contribution in [3.8, 4) is 0 Å². The Bertz CT molecular complexity index is 612. The van der Waals surface area contributed by atoms with Crippen molar-refractivity contribution in [2.75, 3.05) is 18.0 Å². The topological polar surface area (TPSA) is 23.5 Å². The summed E-state index contributed by atoms with van der Waals surface area (Å²) in [6.07, 6.45) is 0.764. The number of aliphatic hydroxyl groups is 1. The summed E-state index contributed by atoms with van der Waals surface area (Å²) in [5, 5.41) is 9.66. The maximum Gasteiger partial charge on any atom is 0.0762 e. The third-order valence-electron chi connectivity index (χ3n) is 4.25. The SMILES string of the molecule is CC(O)c1ccc(N2CCC(c3ccccc3)C2)c(Br)c1. The fourth-order valence-corrected chi connectivity index (χ4v) is 3.66. The summed E-state index contributed by atoms with van der Waals surface area (Å²) in [4.78, 5) is 2.42. The van der Waals surface area contributed by atoms with Gasteiger partial charge in [-0.15, -0.1) is 0 Å². The molecule has 0 spiro atoms. The number of aliphatic hydroxyl groups excluding tert-OH is 1. The first kappa shape index (κ1) is 14.6. The maximum atomic E-state index is 9.66. The molecule has 0 bridgehead atoms. The third kappa shape index (κ3) is 3.14. The van der Waals surface area contributed by atoms with Crippen LogP contribution in [0.15, 0.2) is 53.0 Å². The van der Waals surface area contributed by atoms with Crippen LogP contribution in [0.3, 0.4) is 0 Å². The second-order valence-corrected chi connectivity index (χ2v) is 6.58. The summed E-state index contributed by atoms with van der Waals surface area (Å²) >= 11 is 3.65. The summed E-state index contributed by atoms with van der Waals surface area (Å²) in [6.45, 7) is 3.92. The second kappa shape index (κ2) is 6.20. The van der Waals surface area contributed by atoms with E-state index in [-0.39, 0.29) is 0 Å². The van der Waals surface area contributed by atoms with E-state index in [1.54, 1.807) is 6.92 Å². The molecule has 1 fully saturated rings. The molecule has 1 aliphatic heterocycles. The van der Waals surface area contributed by atoms with Crippen LogP contribution in [0.5, 0.6) is 0 Å². The quantitative estimate of drug-likeness (QED) is 0.885. The molecule has 0 radical (unpaired) electrons. The Hall–Kier alpha value is -1.32. The normalized spacial score (nSPS) is 19.8. The Morgan fingerprint density at radius 3 is 2.62 bits per heavy atom. The van der Waals surface area contributed by atoms with Crippen molar-refractivity contribution >= 4 is 21.6 Å². The summed E-state index contributed by atoms with van der Waals surface area (Å²) in [5.74, 6) is 0.606. The van der Waals surface area contributed by atoms with E-state index in [9.17, 15) is 5.11 Å². The van der Waals surface area contributed by atoms with Crippen LogP contribution in [0.2, 0.25) is 0 Å². The molecule has 1 aliphatic rings. The van der Waals surface area contributed by atoms with E-state index in [2.05, 4.69) is 57.2 Å². The van der Waals surface area contributed by atoms with Gasteiger partial charge in [0.1, 0.15) is 0 Å². The van der Waals surface area contributed by atoms with Gasteiger partial charge in [-0.3, -0.25) is 0 Å². The van der Waals surface area contributed by atoms with Gasteiger partial charge < -0.3 is 10.0 Å². The average molecular weight is 346 g/mol. The zero-order chi connectivity index (χ0) is 14.8. The van der Waals surface area contributed by atoms with Gasteiger partial charge in [-0.05, 0) is 52.5 Å². The van der Waals surface area contributed by atoms with Crippen LogP contribution >= 0.6 is 15.9 Å². The van der Waals surface area contributed by atoms with E-state index in [1.165, 1.54) is 17.7 Å². The lowest BCUT2D eigenvalue weighted by atomic mass is 9.99. The molecule has 3 rings (SSSR count). The first-order valence-electron chi connectivity index (χ1n) is 7.42. The van der Waals surface area contributed by atoms with Crippen LogP contribution in [0.4, 0.5) is 5.69 Å². The van der Waals surface area contributed by atoms with Gasteiger partial charge in [-0.25, -0.2) is 0 Å². The highest BCUT2D eigenvalue weighted by Crippen LogP contribution is 2.35. The lowest BCUT2D eigenvalue weighted by molar-refractivity contribution is 0.199. The Morgan fingerprint density at radius 1 is 1.19 bits per heavy atom. The minimum Gasteiger partial charge on any atom is -0.389 e. The Balaban J connectivity index is 1.77. The van der Waals surface area contributed by atoms with Gasteiger partial charge in [0.05, 0.1) is 11.8 Å². The summed E-state index contributed by atoms with van der Waals surface area (Å²) in [5.41, 5.74) is 3.60. The highest BCUT2D eigenvalue weighted by molar-refractivity contribution is 9.10. The van der Waals surface area contributed by atoms with E-state index in [4.69, 9.17) is 0 Å². The Labute approximate surface area is 134 Å². The van der Waals surface area contributed by atoms with Crippen molar-refractivity contribution in [3.05, 3.63) is 64.1 Å². The number of anilines is 1. The van der Waals surface area contributed by atoms with Crippen molar-refractivity contribution in [2.24, 2.45) is 0 Å². The second-order valence-electron chi connectivity index (χ2n) is 5.73. The summed E-state index contributed by atoms with van der Waals surface area (Å²) < 4.78 is 1.06. The molecule has 3 heteroatoms. The molecule has 0 aromatic heterocycles. The van der Waals surface area contributed by atoms with Gasteiger partial charge in [-0.2, -0.15) is 0 Å². The van der Waals surface area contributed by atoms with Crippen LogP contribution in [-0.4, -0.2) is 18.2 Å². The molecule has 110 valence electrons. The number of hydrogen-bond acceptors (Lipinski definition) is 2.